The van der Waals surface area contributed by atoms with Crippen LogP contribution in [0.4, 0.5) is 0 Å². The van der Waals surface area contributed by atoms with E-state index in [1.54, 1.807) is 24.3 Å². The Hall–Kier alpha value is -2.14. The number of aliphatic carboxylic acids is 1. The number of carboxylic acid groups (broad SMARTS) is 1. The number of benzene rings is 2. The molecule has 0 saturated carbocycles. The lowest BCUT2D eigenvalue weighted by Crippen LogP contribution is -2.23. The van der Waals surface area contributed by atoms with E-state index in [4.69, 9.17) is 4.74 Å². The third kappa shape index (κ3) is 7.18. The highest BCUT2D eigenvalue weighted by Crippen LogP contribution is 2.20. The van der Waals surface area contributed by atoms with E-state index in [1.807, 2.05) is 45.0 Å². The molecule has 2 aromatic carbocycles. The van der Waals surface area contributed by atoms with E-state index >= 15 is 0 Å². The second-order valence-corrected chi connectivity index (χ2v) is 8.52. The van der Waals surface area contributed by atoms with Crippen LogP contribution >= 0.6 is 15.9 Å². The summed E-state index contributed by atoms with van der Waals surface area (Å²) in [5, 5.41) is 9.55. The Labute approximate surface area is 168 Å². The third-order valence-electron chi connectivity index (χ3n) is 4.09. The third-order valence-corrected chi connectivity index (χ3v) is 4.58. The molecule has 2 rings (SSSR count). The molecule has 0 radical (unpaired) electrons. The molecule has 0 aliphatic rings. The van der Waals surface area contributed by atoms with Gasteiger partial charge >= 0.3 is 11.9 Å². The van der Waals surface area contributed by atoms with Crippen LogP contribution < -0.4 is 0 Å². The van der Waals surface area contributed by atoms with Gasteiger partial charge in [-0.1, -0.05) is 40.2 Å². The fourth-order valence-corrected chi connectivity index (χ4v) is 3.19. The van der Waals surface area contributed by atoms with E-state index in [0.29, 0.717) is 24.8 Å². The van der Waals surface area contributed by atoms with Gasteiger partial charge in [0.05, 0.1) is 11.5 Å². The molecule has 0 bridgehead atoms. The van der Waals surface area contributed by atoms with E-state index in [-0.39, 0.29) is 5.97 Å². The lowest BCUT2D eigenvalue weighted by atomic mass is 9.92. The van der Waals surface area contributed by atoms with Gasteiger partial charge in [-0.3, -0.25) is 4.79 Å². The lowest BCUT2D eigenvalue weighted by molar-refractivity contribution is -0.141. The number of esters is 1. The summed E-state index contributed by atoms with van der Waals surface area (Å²) in [7, 11) is 0. The van der Waals surface area contributed by atoms with Crippen LogP contribution in [0, 0.1) is 5.92 Å². The molecule has 1 atom stereocenters. The van der Waals surface area contributed by atoms with Crippen molar-refractivity contribution >= 4 is 27.9 Å². The lowest BCUT2D eigenvalue weighted by Gasteiger charge is -2.19. The summed E-state index contributed by atoms with van der Waals surface area (Å²) in [6.07, 6.45) is 1.68. The van der Waals surface area contributed by atoms with Gasteiger partial charge < -0.3 is 9.84 Å². The number of carbonyl (C=O) groups is 2. The topological polar surface area (TPSA) is 63.6 Å². The molecule has 0 amide bonds. The molecule has 0 saturated heterocycles. The van der Waals surface area contributed by atoms with Crippen molar-refractivity contribution in [2.75, 3.05) is 0 Å². The molecule has 0 spiro atoms. The molecule has 1 unspecified atom stereocenters. The van der Waals surface area contributed by atoms with E-state index < -0.39 is 17.5 Å². The number of carbonyl (C=O) groups excluding carboxylic acids is 1. The monoisotopic (exact) mass is 432 g/mol. The van der Waals surface area contributed by atoms with Gasteiger partial charge in [-0.05, 0) is 75.4 Å². The number of hydrogen-bond acceptors (Lipinski definition) is 3. The first kappa shape index (κ1) is 21.2. The summed E-state index contributed by atoms with van der Waals surface area (Å²) in [6, 6.07) is 14.9. The average Bonchev–Trinajstić information content (AvgIpc) is 2.57. The van der Waals surface area contributed by atoms with Crippen molar-refractivity contribution in [2.45, 2.75) is 45.6 Å². The van der Waals surface area contributed by atoms with E-state index in [0.717, 1.165) is 15.6 Å². The molecule has 1 N–H and O–H groups in total. The van der Waals surface area contributed by atoms with Crippen LogP contribution in [0.5, 0.6) is 0 Å². The van der Waals surface area contributed by atoms with Crippen molar-refractivity contribution in [1.82, 2.24) is 0 Å². The Morgan fingerprint density at radius 1 is 1.07 bits per heavy atom. The van der Waals surface area contributed by atoms with Crippen molar-refractivity contribution in [3.8, 4) is 0 Å². The predicted octanol–water partition coefficient (Wildman–Crippen LogP) is 5.28. The zero-order chi connectivity index (χ0) is 20.0. The Morgan fingerprint density at radius 2 is 1.74 bits per heavy atom. The van der Waals surface area contributed by atoms with Crippen LogP contribution in [0.2, 0.25) is 0 Å². The summed E-state index contributed by atoms with van der Waals surface area (Å²) in [4.78, 5) is 23.7. The minimum Gasteiger partial charge on any atom is -0.481 e. The largest absolute Gasteiger partial charge is 0.481 e. The number of aryl methyl sites for hydroxylation is 1. The molecule has 4 nitrogen and oxygen atoms in total. The number of ether oxygens (including phenoxy) is 1. The number of carboxylic acids is 1. The van der Waals surface area contributed by atoms with Gasteiger partial charge in [-0.15, -0.1) is 0 Å². The fourth-order valence-electron chi connectivity index (χ4n) is 2.74. The molecule has 0 aliphatic carbocycles. The smallest absolute Gasteiger partial charge is 0.338 e. The Balaban J connectivity index is 1.99. The van der Waals surface area contributed by atoms with Crippen molar-refractivity contribution in [1.29, 1.82) is 0 Å². The summed E-state index contributed by atoms with van der Waals surface area (Å²) in [5.41, 5.74) is 1.92. The van der Waals surface area contributed by atoms with Gasteiger partial charge in [-0.2, -0.15) is 0 Å². The molecule has 0 aliphatic heterocycles. The molecular weight excluding hydrogens is 408 g/mol. The van der Waals surface area contributed by atoms with Crippen LogP contribution in [-0.2, 0) is 22.4 Å². The number of rotatable bonds is 7. The normalized spacial score (nSPS) is 12.4. The fraction of sp³-hybridized carbons (Fsp3) is 0.364. The standard InChI is InChI=1S/C22H25BrO4/c1-22(2,3)27-21(26)17-10-7-16(8-11-17)13-18(20(24)25)12-9-15-5-4-6-19(23)14-15/h4-8,10-11,14,18H,9,12-13H2,1-3H3,(H,24,25). The molecular formula is C22H25BrO4. The van der Waals surface area contributed by atoms with Crippen molar-refractivity contribution < 1.29 is 19.4 Å². The van der Waals surface area contributed by atoms with Gasteiger partial charge in [0.15, 0.2) is 0 Å². The Kier molecular flexibility index (Phi) is 7.19. The molecule has 0 aromatic heterocycles. The second-order valence-electron chi connectivity index (χ2n) is 7.61. The maximum atomic E-state index is 12.1. The number of halogens is 1. The minimum atomic E-state index is -0.804. The van der Waals surface area contributed by atoms with Crippen LogP contribution in [-0.4, -0.2) is 22.6 Å². The average molecular weight is 433 g/mol. The first-order chi connectivity index (χ1) is 12.6. The highest BCUT2D eigenvalue weighted by Gasteiger charge is 2.20. The molecule has 0 heterocycles. The van der Waals surface area contributed by atoms with Gasteiger partial charge in [0, 0.05) is 4.47 Å². The van der Waals surface area contributed by atoms with Crippen LogP contribution in [0.25, 0.3) is 0 Å². The molecule has 27 heavy (non-hydrogen) atoms. The number of hydrogen-bond donors (Lipinski definition) is 1. The molecule has 144 valence electrons. The maximum absolute atomic E-state index is 12.1. The quantitative estimate of drug-likeness (QED) is 0.604. The van der Waals surface area contributed by atoms with Crippen molar-refractivity contribution in [2.24, 2.45) is 5.92 Å². The highest BCUT2D eigenvalue weighted by molar-refractivity contribution is 9.10. The van der Waals surface area contributed by atoms with Gasteiger partial charge in [-0.25, -0.2) is 4.79 Å². The Morgan fingerprint density at radius 3 is 2.30 bits per heavy atom. The molecule has 5 heteroatoms. The van der Waals surface area contributed by atoms with Crippen molar-refractivity contribution in [3.05, 3.63) is 69.7 Å². The van der Waals surface area contributed by atoms with Gasteiger partial charge in [0.2, 0.25) is 0 Å². The van der Waals surface area contributed by atoms with E-state index in [1.165, 1.54) is 0 Å². The highest BCUT2D eigenvalue weighted by atomic mass is 79.9. The second kappa shape index (κ2) is 9.18. The summed E-state index contributed by atoms with van der Waals surface area (Å²) < 4.78 is 6.33. The first-order valence-electron chi connectivity index (χ1n) is 8.93. The van der Waals surface area contributed by atoms with Crippen molar-refractivity contribution in [3.63, 3.8) is 0 Å². The Bertz CT molecular complexity index is 791. The molecule has 2 aromatic rings. The SMILES string of the molecule is CC(C)(C)OC(=O)c1ccc(CC(CCc2cccc(Br)c2)C(=O)O)cc1. The predicted molar refractivity (Wildman–Crippen MR) is 109 cm³/mol. The summed E-state index contributed by atoms with van der Waals surface area (Å²) in [5.74, 6) is -1.66. The van der Waals surface area contributed by atoms with Crippen LogP contribution in [0.3, 0.4) is 0 Å². The molecule has 0 fully saturated rings. The van der Waals surface area contributed by atoms with Gasteiger partial charge in [0.25, 0.3) is 0 Å². The zero-order valence-corrected chi connectivity index (χ0v) is 17.5. The zero-order valence-electron chi connectivity index (χ0n) is 15.9. The van der Waals surface area contributed by atoms with Crippen LogP contribution in [0.15, 0.2) is 53.0 Å². The minimum absolute atomic E-state index is 0.376. The summed E-state index contributed by atoms with van der Waals surface area (Å²) >= 11 is 3.43. The van der Waals surface area contributed by atoms with E-state index in [9.17, 15) is 14.7 Å². The van der Waals surface area contributed by atoms with Gasteiger partial charge in [0.1, 0.15) is 5.60 Å². The van der Waals surface area contributed by atoms with E-state index in [2.05, 4.69) is 15.9 Å². The summed E-state index contributed by atoms with van der Waals surface area (Å²) in [6.45, 7) is 5.46. The first-order valence-corrected chi connectivity index (χ1v) is 9.73. The maximum Gasteiger partial charge on any atom is 0.338 e. The van der Waals surface area contributed by atoms with Crippen LogP contribution in [0.1, 0.15) is 48.7 Å².